The van der Waals surface area contributed by atoms with Gasteiger partial charge in [0.05, 0.1) is 38.5 Å². The van der Waals surface area contributed by atoms with Gasteiger partial charge in [-0.1, -0.05) is 12.1 Å². The molecule has 2 aromatic rings. The summed E-state index contributed by atoms with van der Waals surface area (Å²) in [6.07, 6.45) is 7.33. The number of rotatable bonds is 2. The van der Waals surface area contributed by atoms with Gasteiger partial charge in [0, 0.05) is 37.9 Å². The molecule has 144 valence electrons. The normalized spacial score (nSPS) is 22.0. The Balaban J connectivity index is 0.000000241. The van der Waals surface area contributed by atoms with Crippen LogP contribution in [0.1, 0.15) is 23.2 Å². The number of nitrogens with one attached hydrogen (secondary N) is 2. The van der Waals surface area contributed by atoms with Crippen LogP contribution in [-0.4, -0.2) is 49.5 Å². The van der Waals surface area contributed by atoms with Gasteiger partial charge in [0.15, 0.2) is 0 Å². The molecule has 4 heterocycles. The number of nitrogens with zero attached hydrogens (tertiary/aromatic N) is 2. The van der Waals surface area contributed by atoms with Gasteiger partial charge < -0.3 is 20.1 Å². The molecule has 2 fully saturated rings. The fraction of sp³-hybridized carbons (Fsp3) is 0.444. The zero-order valence-corrected chi connectivity index (χ0v) is 16.2. The topological polar surface area (TPSA) is 68.3 Å². The molecule has 2 atom stereocenters. The summed E-state index contributed by atoms with van der Waals surface area (Å²) in [6.45, 7) is 5.00. The summed E-state index contributed by atoms with van der Waals surface area (Å²) in [7, 11) is 0. The van der Waals surface area contributed by atoms with Crippen molar-refractivity contribution in [3.05, 3.63) is 60.2 Å². The highest BCUT2D eigenvalue weighted by Crippen LogP contribution is 2.14. The van der Waals surface area contributed by atoms with Gasteiger partial charge >= 0.3 is 0 Å². The molecule has 0 aliphatic carbocycles. The van der Waals surface area contributed by atoms with Crippen LogP contribution in [0.15, 0.2) is 49.1 Å². The Kier molecular flexibility index (Phi) is 11.4. The van der Waals surface area contributed by atoms with E-state index in [4.69, 9.17) is 9.47 Å². The van der Waals surface area contributed by atoms with Crippen molar-refractivity contribution in [3.63, 3.8) is 0 Å². The molecule has 26 heavy (non-hydrogen) atoms. The Bertz CT molecular complexity index is 527. The highest BCUT2D eigenvalue weighted by molar-refractivity contribution is 5.85. The quantitative estimate of drug-likeness (QED) is 0.805. The Morgan fingerprint density at radius 1 is 0.769 bits per heavy atom. The molecule has 6 nitrogen and oxygen atoms in total. The predicted molar refractivity (Wildman–Crippen MR) is 106 cm³/mol. The number of halogens is 2. The maximum Gasteiger partial charge on any atom is 0.0662 e. The van der Waals surface area contributed by atoms with Gasteiger partial charge in [0.2, 0.25) is 0 Å². The minimum absolute atomic E-state index is 0. The first-order chi connectivity index (χ1) is 11.9. The summed E-state index contributed by atoms with van der Waals surface area (Å²) in [5.41, 5.74) is 2.41. The molecule has 2 aliphatic heterocycles. The van der Waals surface area contributed by atoms with E-state index >= 15 is 0 Å². The van der Waals surface area contributed by atoms with Crippen molar-refractivity contribution in [3.8, 4) is 0 Å². The SMILES string of the molecule is Cl.Cl.c1cncc([C@@H]2COCCN2)c1.c1cncc([C@@H]2COCCN2)c1. The summed E-state index contributed by atoms with van der Waals surface area (Å²) >= 11 is 0. The lowest BCUT2D eigenvalue weighted by molar-refractivity contribution is 0.0767. The van der Waals surface area contributed by atoms with Gasteiger partial charge in [-0.05, 0) is 23.3 Å². The second kappa shape index (κ2) is 13.0. The minimum Gasteiger partial charge on any atom is -0.378 e. The lowest BCUT2D eigenvalue weighted by Crippen LogP contribution is -2.34. The average Bonchev–Trinajstić information content (AvgIpc) is 2.71. The van der Waals surface area contributed by atoms with Crippen LogP contribution in [0.25, 0.3) is 0 Å². The van der Waals surface area contributed by atoms with E-state index < -0.39 is 0 Å². The first-order valence-electron chi connectivity index (χ1n) is 8.35. The third-order valence-corrected chi connectivity index (χ3v) is 4.02. The molecular weight excluding hydrogens is 375 g/mol. The van der Waals surface area contributed by atoms with E-state index in [0.29, 0.717) is 12.1 Å². The number of ether oxygens (including phenoxy) is 2. The van der Waals surface area contributed by atoms with E-state index in [9.17, 15) is 0 Å². The summed E-state index contributed by atoms with van der Waals surface area (Å²) in [5.74, 6) is 0. The molecule has 0 amide bonds. The molecular formula is C18H26Cl2N4O2. The van der Waals surface area contributed by atoms with Gasteiger partial charge in [-0.2, -0.15) is 0 Å². The standard InChI is InChI=1S/2C9H12N2O.2ClH/c2*1-2-8(6-10-3-1)9-7-12-5-4-11-9;;/h2*1-3,6,9,11H,4-5,7H2;2*1H/t2*9-;;/m00../s1. The van der Waals surface area contributed by atoms with Gasteiger partial charge in [-0.15, -0.1) is 24.8 Å². The molecule has 0 bridgehead atoms. The van der Waals surface area contributed by atoms with Crippen molar-refractivity contribution < 1.29 is 9.47 Å². The van der Waals surface area contributed by atoms with Crippen molar-refractivity contribution in [1.82, 2.24) is 20.6 Å². The van der Waals surface area contributed by atoms with Crippen LogP contribution in [0.4, 0.5) is 0 Å². The maximum atomic E-state index is 5.35. The molecule has 2 aromatic heterocycles. The second-order valence-corrected chi connectivity index (χ2v) is 5.74. The van der Waals surface area contributed by atoms with Gasteiger partial charge in [0.1, 0.15) is 0 Å². The van der Waals surface area contributed by atoms with Crippen molar-refractivity contribution >= 4 is 24.8 Å². The van der Waals surface area contributed by atoms with Crippen molar-refractivity contribution in [2.45, 2.75) is 12.1 Å². The van der Waals surface area contributed by atoms with Crippen LogP contribution in [0.3, 0.4) is 0 Å². The van der Waals surface area contributed by atoms with Crippen LogP contribution in [-0.2, 0) is 9.47 Å². The third-order valence-electron chi connectivity index (χ3n) is 4.02. The molecule has 2 aliphatic rings. The van der Waals surface area contributed by atoms with Crippen LogP contribution in [0, 0.1) is 0 Å². The molecule has 0 unspecified atom stereocenters. The molecule has 4 rings (SSSR count). The number of morpholine rings is 2. The second-order valence-electron chi connectivity index (χ2n) is 5.74. The Labute approximate surface area is 166 Å². The number of pyridine rings is 2. The summed E-state index contributed by atoms with van der Waals surface area (Å²) in [5, 5.41) is 6.74. The Morgan fingerprint density at radius 3 is 1.54 bits per heavy atom. The smallest absolute Gasteiger partial charge is 0.0662 e. The van der Waals surface area contributed by atoms with Crippen LogP contribution < -0.4 is 10.6 Å². The minimum atomic E-state index is 0. The fourth-order valence-corrected chi connectivity index (χ4v) is 2.72. The van der Waals surface area contributed by atoms with Gasteiger partial charge in [0.25, 0.3) is 0 Å². The van der Waals surface area contributed by atoms with Crippen LogP contribution >= 0.6 is 24.8 Å². The fourth-order valence-electron chi connectivity index (χ4n) is 2.72. The molecule has 8 heteroatoms. The summed E-state index contributed by atoms with van der Waals surface area (Å²) < 4.78 is 10.7. The van der Waals surface area contributed by atoms with E-state index in [2.05, 4.69) is 32.7 Å². The highest BCUT2D eigenvalue weighted by atomic mass is 35.5. The van der Waals surface area contributed by atoms with E-state index in [0.717, 1.165) is 39.5 Å². The summed E-state index contributed by atoms with van der Waals surface area (Å²) in [6, 6.07) is 8.69. The molecule has 0 radical (unpaired) electrons. The van der Waals surface area contributed by atoms with E-state index in [1.54, 1.807) is 12.4 Å². The average molecular weight is 401 g/mol. The van der Waals surface area contributed by atoms with Crippen molar-refractivity contribution in [2.75, 3.05) is 39.5 Å². The van der Waals surface area contributed by atoms with Gasteiger partial charge in [-0.25, -0.2) is 0 Å². The number of hydrogen-bond donors (Lipinski definition) is 2. The third kappa shape index (κ3) is 7.15. The molecule has 2 saturated heterocycles. The Hall–Kier alpha value is -1.28. The first-order valence-corrected chi connectivity index (χ1v) is 8.35. The van der Waals surface area contributed by atoms with Gasteiger partial charge in [-0.3, -0.25) is 9.97 Å². The van der Waals surface area contributed by atoms with Crippen molar-refractivity contribution in [1.29, 1.82) is 0 Å². The number of aromatic nitrogens is 2. The Morgan fingerprint density at radius 2 is 1.23 bits per heavy atom. The van der Waals surface area contributed by atoms with E-state index in [-0.39, 0.29) is 24.8 Å². The largest absolute Gasteiger partial charge is 0.378 e. The maximum absolute atomic E-state index is 5.35. The van der Waals surface area contributed by atoms with Crippen molar-refractivity contribution in [2.24, 2.45) is 0 Å². The number of hydrogen-bond acceptors (Lipinski definition) is 6. The first kappa shape index (κ1) is 22.8. The molecule has 0 aromatic carbocycles. The van der Waals surface area contributed by atoms with E-state index in [1.807, 2.05) is 24.5 Å². The molecule has 2 N–H and O–H groups in total. The lowest BCUT2D eigenvalue weighted by Gasteiger charge is -2.23. The summed E-state index contributed by atoms with van der Waals surface area (Å²) in [4.78, 5) is 8.13. The van der Waals surface area contributed by atoms with Crippen LogP contribution in [0.5, 0.6) is 0 Å². The van der Waals surface area contributed by atoms with Crippen LogP contribution in [0.2, 0.25) is 0 Å². The molecule has 0 spiro atoms. The highest BCUT2D eigenvalue weighted by Gasteiger charge is 2.15. The molecule has 0 saturated carbocycles. The predicted octanol–water partition coefficient (Wildman–Crippen LogP) is 2.33. The zero-order valence-electron chi connectivity index (χ0n) is 14.5. The van der Waals surface area contributed by atoms with E-state index in [1.165, 1.54) is 11.1 Å². The zero-order chi connectivity index (χ0) is 16.5. The monoisotopic (exact) mass is 400 g/mol. The lowest BCUT2D eigenvalue weighted by atomic mass is 10.1.